The Kier molecular flexibility index (Phi) is 5.29. The number of para-hydroxylation sites is 1. The summed E-state index contributed by atoms with van der Waals surface area (Å²) >= 11 is 0. The van der Waals surface area contributed by atoms with Crippen molar-refractivity contribution in [3.05, 3.63) is 66.1 Å². The third-order valence-corrected chi connectivity index (χ3v) is 4.93. The molecule has 7 nitrogen and oxygen atoms in total. The van der Waals surface area contributed by atoms with E-state index >= 15 is 0 Å². The molecular weight excluding hydrogens is 368 g/mol. The SMILES string of the molecule is COc1ccc(OC)c(NC(=O)c2cc(N3CCCc4ccccc43)ncn2)c1. The van der Waals surface area contributed by atoms with Crippen molar-refractivity contribution in [3.63, 3.8) is 0 Å². The number of aromatic nitrogens is 2. The van der Waals surface area contributed by atoms with E-state index in [0.29, 0.717) is 23.0 Å². The molecule has 1 aliphatic rings. The number of fused-ring (bicyclic) bond motifs is 1. The van der Waals surface area contributed by atoms with Gasteiger partial charge in [0.25, 0.3) is 5.91 Å². The summed E-state index contributed by atoms with van der Waals surface area (Å²) in [4.78, 5) is 23.5. The molecule has 1 N–H and O–H groups in total. The predicted molar refractivity (Wildman–Crippen MR) is 111 cm³/mol. The lowest BCUT2D eigenvalue weighted by Gasteiger charge is -2.30. The number of carbonyl (C=O) groups is 1. The van der Waals surface area contributed by atoms with Gasteiger partial charge in [0, 0.05) is 24.4 Å². The standard InChI is InChI=1S/C22H22N4O3/c1-28-16-9-10-20(29-2)17(12-16)25-22(27)18-13-21(24-14-23-18)26-11-5-7-15-6-3-4-8-19(15)26/h3-4,6,8-10,12-14H,5,7,11H2,1-2H3,(H,25,27). The van der Waals surface area contributed by atoms with Gasteiger partial charge < -0.3 is 19.7 Å². The molecule has 4 rings (SSSR count). The molecule has 1 aromatic heterocycles. The Labute approximate surface area is 169 Å². The van der Waals surface area contributed by atoms with Crippen molar-refractivity contribution in [3.8, 4) is 11.5 Å². The Morgan fingerprint density at radius 3 is 2.76 bits per heavy atom. The van der Waals surface area contributed by atoms with Gasteiger partial charge in [-0.05, 0) is 36.6 Å². The van der Waals surface area contributed by atoms with Crippen LogP contribution in [0.5, 0.6) is 11.5 Å². The van der Waals surface area contributed by atoms with Crippen LogP contribution in [0.25, 0.3) is 0 Å². The number of ether oxygens (including phenoxy) is 2. The third kappa shape index (κ3) is 3.85. The number of benzene rings is 2. The molecule has 0 fully saturated rings. The van der Waals surface area contributed by atoms with Gasteiger partial charge >= 0.3 is 0 Å². The molecule has 148 valence electrons. The van der Waals surface area contributed by atoms with E-state index in [2.05, 4.69) is 32.3 Å². The van der Waals surface area contributed by atoms with Gasteiger partial charge in [0.05, 0.1) is 19.9 Å². The molecule has 0 bridgehead atoms. The molecule has 0 aliphatic carbocycles. The first-order valence-corrected chi connectivity index (χ1v) is 9.40. The summed E-state index contributed by atoms with van der Waals surface area (Å²) in [6, 6.07) is 15.2. The minimum atomic E-state index is -0.342. The van der Waals surface area contributed by atoms with E-state index in [1.165, 1.54) is 11.9 Å². The highest BCUT2D eigenvalue weighted by atomic mass is 16.5. The molecular formula is C22H22N4O3. The lowest BCUT2D eigenvalue weighted by atomic mass is 10.0. The summed E-state index contributed by atoms with van der Waals surface area (Å²) < 4.78 is 10.6. The normalized spacial score (nSPS) is 12.8. The third-order valence-electron chi connectivity index (χ3n) is 4.93. The number of rotatable bonds is 5. The van der Waals surface area contributed by atoms with Crippen LogP contribution in [0.2, 0.25) is 0 Å². The first kappa shape index (κ1) is 18.7. The lowest BCUT2D eigenvalue weighted by Crippen LogP contribution is -2.26. The quantitative estimate of drug-likeness (QED) is 0.714. The van der Waals surface area contributed by atoms with Crippen molar-refractivity contribution in [2.24, 2.45) is 0 Å². The Morgan fingerprint density at radius 2 is 1.93 bits per heavy atom. The van der Waals surface area contributed by atoms with E-state index in [4.69, 9.17) is 9.47 Å². The van der Waals surface area contributed by atoms with Crippen LogP contribution >= 0.6 is 0 Å². The second-order valence-electron chi connectivity index (χ2n) is 6.67. The number of hydrogen-bond acceptors (Lipinski definition) is 6. The van der Waals surface area contributed by atoms with Crippen molar-refractivity contribution in [2.45, 2.75) is 12.8 Å². The van der Waals surface area contributed by atoms with Crippen LogP contribution in [-0.2, 0) is 6.42 Å². The number of aryl methyl sites for hydroxylation is 1. The van der Waals surface area contributed by atoms with Crippen LogP contribution in [0.4, 0.5) is 17.2 Å². The molecule has 0 saturated carbocycles. The Balaban J connectivity index is 1.61. The summed E-state index contributed by atoms with van der Waals surface area (Å²) in [5, 5.41) is 2.85. The van der Waals surface area contributed by atoms with Gasteiger partial charge in [-0.25, -0.2) is 9.97 Å². The highest BCUT2D eigenvalue weighted by Crippen LogP contribution is 2.33. The Hall–Kier alpha value is -3.61. The van der Waals surface area contributed by atoms with Gasteiger partial charge in [-0.15, -0.1) is 0 Å². The van der Waals surface area contributed by atoms with E-state index in [9.17, 15) is 4.79 Å². The van der Waals surface area contributed by atoms with Crippen molar-refractivity contribution in [1.29, 1.82) is 0 Å². The topological polar surface area (TPSA) is 76.6 Å². The van der Waals surface area contributed by atoms with Crippen LogP contribution in [-0.4, -0.2) is 36.6 Å². The highest BCUT2D eigenvalue weighted by molar-refractivity contribution is 6.04. The number of nitrogens with one attached hydrogen (secondary N) is 1. The van der Waals surface area contributed by atoms with Crippen molar-refractivity contribution in [2.75, 3.05) is 31.0 Å². The zero-order valence-corrected chi connectivity index (χ0v) is 16.4. The fourth-order valence-electron chi connectivity index (χ4n) is 3.49. The molecule has 2 aromatic carbocycles. The monoisotopic (exact) mass is 390 g/mol. The fraction of sp³-hybridized carbons (Fsp3) is 0.227. The summed E-state index contributed by atoms with van der Waals surface area (Å²) in [5.74, 6) is 1.52. The molecule has 0 unspecified atom stereocenters. The maximum absolute atomic E-state index is 12.8. The van der Waals surface area contributed by atoms with Crippen molar-refractivity contribution < 1.29 is 14.3 Å². The molecule has 0 atom stereocenters. The van der Waals surface area contributed by atoms with E-state index in [1.807, 2.05) is 12.1 Å². The van der Waals surface area contributed by atoms with Crippen LogP contribution in [0.1, 0.15) is 22.5 Å². The summed E-state index contributed by atoms with van der Waals surface area (Å²) in [5.41, 5.74) is 3.20. The van der Waals surface area contributed by atoms with Gasteiger partial charge in [0.15, 0.2) is 0 Å². The first-order valence-electron chi connectivity index (χ1n) is 9.40. The van der Waals surface area contributed by atoms with Gasteiger partial charge in [-0.2, -0.15) is 0 Å². The average Bonchev–Trinajstić information content (AvgIpc) is 2.78. The largest absolute Gasteiger partial charge is 0.497 e. The van der Waals surface area contributed by atoms with Crippen molar-refractivity contribution in [1.82, 2.24) is 9.97 Å². The lowest BCUT2D eigenvalue weighted by molar-refractivity contribution is 0.102. The summed E-state index contributed by atoms with van der Waals surface area (Å²) in [6.07, 6.45) is 3.49. The first-order chi connectivity index (χ1) is 14.2. The number of anilines is 3. The molecule has 0 radical (unpaired) electrons. The average molecular weight is 390 g/mol. The fourth-order valence-corrected chi connectivity index (χ4v) is 3.49. The van der Waals surface area contributed by atoms with E-state index in [-0.39, 0.29) is 11.6 Å². The number of carbonyl (C=O) groups excluding carboxylic acids is 1. The zero-order valence-electron chi connectivity index (χ0n) is 16.4. The second-order valence-corrected chi connectivity index (χ2v) is 6.67. The second kappa shape index (κ2) is 8.18. The van der Waals surface area contributed by atoms with E-state index in [1.54, 1.807) is 38.5 Å². The number of hydrogen-bond donors (Lipinski definition) is 1. The number of methoxy groups -OCH3 is 2. The highest BCUT2D eigenvalue weighted by Gasteiger charge is 2.20. The van der Waals surface area contributed by atoms with Gasteiger partial charge in [0.2, 0.25) is 0 Å². The molecule has 3 aromatic rings. The smallest absolute Gasteiger partial charge is 0.274 e. The van der Waals surface area contributed by atoms with Gasteiger partial charge in [-0.1, -0.05) is 18.2 Å². The molecule has 1 amide bonds. The maximum atomic E-state index is 12.8. The Bertz CT molecular complexity index is 1040. The summed E-state index contributed by atoms with van der Waals surface area (Å²) in [6.45, 7) is 0.846. The molecule has 0 spiro atoms. The maximum Gasteiger partial charge on any atom is 0.274 e. The molecule has 0 saturated heterocycles. The number of nitrogens with zero attached hydrogens (tertiary/aromatic N) is 3. The molecule has 29 heavy (non-hydrogen) atoms. The molecule has 2 heterocycles. The summed E-state index contributed by atoms with van der Waals surface area (Å²) in [7, 11) is 3.12. The van der Waals surface area contributed by atoms with Crippen LogP contribution in [0.15, 0.2) is 54.9 Å². The molecule has 7 heteroatoms. The van der Waals surface area contributed by atoms with Crippen LogP contribution < -0.4 is 19.7 Å². The zero-order chi connectivity index (χ0) is 20.2. The Morgan fingerprint density at radius 1 is 1.07 bits per heavy atom. The predicted octanol–water partition coefficient (Wildman–Crippen LogP) is 3.83. The molecule has 1 aliphatic heterocycles. The minimum absolute atomic E-state index is 0.280. The van der Waals surface area contributed by atoms with Crippen LogP contribution in [0, 0.1) is 0 Å². The van der Waals surface area contributed by atoms with Crippen molar-refractivity contribution >= 4 is 23.1 Å². The van der Waals surface area contributed by atoms with E-state index < -0.39 is 0 Å². The number of amides is 1. The van der Waals surface area contributed by atoms with Gasteiger partial charge in [-0.3, -0.25) is 4.79 Å². The van der Waals surface area contributed by atoms with Crippen LogP contribution in [0.3, 0.4) is 0 Å². The van der Waals surface area contributed by atoms with E-state index in [0.717, 1.165) is 25.1 Å². The van der Waals surface area contributed by atoms with Gasteiger partial charge in [0.1, 0.15) is 29.3 Å². The minimum Gasteiger partial charge on any atom is -0.497 e.